The molecule has 1 saturated carbocycles. The molecule has 0 radical (unpaired) electrons. The van der Waals surface area contributed by atoms with Crippen molar-refractivity contribution in [1.82, 2.24) is 15.5 Å². The second-order valence-electron chi connectivity index (χ2n) is 10.4. The maximum Gasteiger partial charge on any atom is 0.246 e. The summed E-state index contributed by atoms with van der Waals surface area (Å²) in [5, 5.41) is 16.3. The van der Waals surface area contributed by atoms with Crippen LogP contribution in [0.5, 0.6) is 0 Å². The SMILES string of the molecule is CCCNC(=O)[C@@H]1[C@H]2C(=O)N([C@@H](CO)C(C)C)C(C(=O)NC3CCCCC3)C23CC[C@H]1O3. The van der Waals surface area contributed by atoms with E-state index in [1.54, 1.807) is 4.90 Å². The molecule has 1 aliphatic carbocycles. The van der Waals surface area contributed by atoms with E-state index in [1.807, 2.05) is 20.8 Å². The Kier molecular flexibility index (Phi) is 6.82. The quantitative estimate of drug-likeness (QED) is 0.519. The minimum Gasteiger partial charge on any atom is -0.394 e. The van der Waals surface area contributed by atoms with Gasteiger partial charge in [-0.1, -0.05) is 40.0 Å². The summed E-state index contributed by atoms with van der Waals surface area (Å²) in [6, 6.07) is -1.19. The van der Waals surface area contributed by atoms with E-state index in [2.05, 4.69) is 10.6 Å². The third-order valence-electron chi connectivity index (χ3n) is 8.10. The number of aliphatic hydroxyl groups excluding tert-OH is 1. The van der Waals surface area contributed by atoms with Crippen LogP contribution in [0, 0.1) is 17.8 Å². The van der Waals surface area contributed by atoms with Gasteiger partial charge >= 0.3 is 0 Å². The van der Waals surface area contributed by atoms with E-state index in [4.69, 9.17) is 4.74 Å². The van der Waals surface area contributed by atoms with Crippen molar-refractivity contribution in [2.24, 2.45) is 17.8 Å². The Morgan fingerprint density at radius 2 is 1.91 bits per heavy atom. The highest BCUT2D eigenvalue weighted by Gasteiger charge is 2.75. The fourth-order valence-electron chi connectivity index (χ4n) is 6.56. The Bertz CT molecular complexity index is 737. The third-order valence-corrected chi connectivity index (χ3v) is 8.10. The number of nitrogens with one attached hydrogen (secondary N) is 2. The lowest BCUT2D eigenvalue weighted by Crippen LogP contribution is -2.60. The molecule has 8 nitrogen and oxygen atoms in total. The molecule has 1 spiro atoms. The van der Waals surface area contributed by atoms with Crippen molar-refractivity contribution >= 4 is 17.7 Å². The lowest BCUT2D eigenvalue weighted by molar-refractivity contribution is -0.147. The first-order valence-corrected chi connectivity index (χ1v) is 12.5. The van der Waals surface area contributed by atoms with E-state index < -0.39 is 29.5 Å². The Hall–Kier alpha value is -1.67. The first kappa shape index (κ1) is 23.5. The van der Waals surface area contributed by atoms with Gasteiger partial charge < -0.3 is 25.4 Å². The zero-order valence-electron chi connectivity index (χ0n) is 19.6. The topological polar surface area (TPSA) is 108 Å². The number of hydrogen-bond donors (Lipinski definition) is 3. The zero-order chi connectivity index (χ0) is 23.0. The maximum atomic E-state index is 13.8. The van der Waals surface area contributed by atoms with E-state index >= 15 is 0 Å². The van der Waals surface area contributed by atoms with E-state index in [1.165, 1.54) is 6.42 Å². The van der Waals surface area contributed by atoms with Crippen LogP contribution in [0.4, 0.5) is 0 Å². The van der Waals surface area contributed by atoms with Crippen molar-refractivity contribution in [2.45, 2.75) is 102 Å². The van der Waals surface area contributed by atoms with Crippen LogP contribution >= 0.6 is 0 Å². The number of ether oxygens (including phenoxy) is 1. The molecule has 180 valence electrons. The molecule has 3 amide bonds. The lowest BCUT2D eigenvalue weighted by atomic mass is 9.70. The number of fused-ring (bicyclic) bond motifs is 1. The van der Waals surface area contributed by atoms with Crippen molar-refractivity contribution in [3.8, 4) is 0 Å². The molecule has 4 fully saturated rings. The minimum atomic E-state index is -0.989. The molecular weight excluding hydrogens is 410 g/mol. The second-order valence-corrected chi connectivity index (χ2v) is 10.4. The van der Waals surface area contributed by atoms with Crippen LogP contribution in [-0.2, 0) is 19.1 Å². The van der Waals surface area contributed by atoms with Crippen LogP contribution in [0.15, 0.2) is 0 Å². The van der Waals surface area contributed by atoms with Crippen LogP contribution < -0.4 is 10.6 Å². The molecule has 3 heterocycles. The number of nitrogens with zero attached hydrogens (tertiary/aromatic N) is 1. The van der Waals surface area contributed by atoms with Crippen molar-refractivity contribution in [1.29, 1.82) is 0 Å². The predicted octanol–water partition coefficient (Wildman–Crippen LogP) is 1.35. The number of aliphatic hydroxyl groups is 1. The molecular formula is C24H39N3O5. The number of carbonyl (C=O) groups excluding carboxylic acids is 3. The molecule has 4 aliphatic rings. The normalized spacial score (nSPS) is 35.3. The predicted molar refractivity (Wildman–Crippen MR) is 118 cm³/mol. The van der Waals surface area contributed by atoms with E-state index in [9.17, 15) is 19.5 Å². The lowest BCUT2D eigenvalue weighted by Gasteiger charge is -2.39. The van der Waals surface area contributed by atoms with E-state index in [-0.39, 0.29) is 42.4 Å². The van der Waals surface area contributed by atoms with Gasteiger partial charge in [0.05, 0.1) is 30.6 Å². The fraction of sp³-hybridized carbons (Fsp3) is 0.875. The van der Waals surface area contributed by atoms with Crippen LogP contribution in [0.3, 0.4) is 0 Å². The smallest absolute Gasteiger partial charge is 0.246 e. The second kappa shape index (κ2) is 9.29. The average Bonchev–Trinajstić information content (AvgIpc) is 3.41. The van der Waals surface area contributed by atoms with E-state index in [0.717, 1.165) is 32.1 Å². The number of rotatable bonds is 8. The van der Waals surface area contributed by atoms with Crippen LogP contribution in [0.1, 0.15) is 72.1 Å². The van der Waals surface area contributed by atoms with Gasteiger partial charge in [0.25, 0.3) is 0 Å². The van der Waals surface area contributed by atoms with Gasteiger partial charge in [0.2, 0.25) is 17.7 Å². The maximum absolute atomic E-state index is 13.8. The van der Waals surface area contributed by atoms with Gasteiger partial charge in [-0.2, -0.15) is 0 Å². The summed E-state index contributed by atoms with van der Waals surface area (Å²) in [5.41, 5.74) is -0.989. The Morgan fingerprint density at radius 1 is 1.19 bits per heavy atom. The van der Waals surface area contributed by atoms with Crippen LogP contribution in [0.25, 0.3) is 0 Å². The Balaban J connectivity index is 1.68. The van der Waals surface area contributed by atoms with Gasteiger partial charge in [0, 0.05) is 12.6 Å². The standard InChI is InChI=1S/C24H39N3O5/c1-4-12-25-21(29)18-17-10-11-24(32-17)19(18)23(31)27(16(13-28)14(2)3)20(24)22(30)26-15-8-6-5-7-9-15/h14-20,28H,4-13H2,1-3H3,(H,25,29)(H,26,30)/t16-,17+,18-,19-,20?,24?/m0/s1. The highest BCUT2D eigenvalue weighted by atomic mass is 16.5. The zero-order valence-corrected chi connectivity index (χ0v) is 19.6. The molecule has 6 atom stereocenters. The molecule has 4 rings (SSSR count). The summed E-state index contributed by atoms with van der Waals surface area (Å²) in [7, 11) is 0. The van der Waals surface area contributed by atoms with E-state index in [0.29, 0.717) is 19.4 Å². The summed E-state index contributed by atoms with van der Waals surface area (Å²) in [5.74, 6) is -1.86. The molecule has 8 heteroatoms. The summed E-state index contributed by atoms with van der Waals surface area (Å²) in [6.45, 7) is 6.20. The molecule has 2 unspecified atom stereocenters. The number of carbonyl (C=O) groups is 3. The van der Waals surface area contributed by atoms with Crippen LogP contribution in [-0.4, -0.2) is 70.7 Å². The van der Waals surface area contributed by atoms with Gasteiger partial charge in [-0.15, -0.1) is 0 Å². The monoisotopic (exact) mass is 449 g/mol. The van der Waals surface area contributed by atoms with Crippen molar-refractivity contribution in [2.75, 3.05) is 13.2 Å². The van der Waals surface area contributed by atoms with Crippen molar-refractivity contribution in [3.05, 3.63) is 0 Å². The van der Waals surface area contributed by atoms with Gasteiger partial charge in [0.15, 0.2) is 0 Å². The molecule has 0 aromatic carbocycles. The van der Waals surface area contributed by atoms with Gasteiger partial charge in [0.1, 0.15) is 11.6 Å². The first-order chi connectivity index (χ1) is 15.4. The average molecular weight is 450 g/mol. The summed E-state index contributed by atoms with van der Waals surface area (Å²) in [6.07, 6.45) is 6.99. The number of likely N-dealkylation sites (tertiary alicyclic amines) is 1. The summed E-state index contributed by atoms with van der Waals surface area (Å²) < 4.78 is 6.43. The number of hydrogen-bond acceptors (Lipinski definition) is 5. The highest BCUT2D eigenvalue weighted by molar-refractivity contribution is 5.99. The fourth-order valence-corrected chi connectivity index (χ4v) is 6.56. The highest BCUT2D eigenvalue weighted by Crippen LogP contribution is 2.59. The van der Waals surface area contributed by atoms with Crippen molar-refractivity contribution in [3.63, 3.8) is 0 Å². The molecule has 3 aliphatic heterocycles. The van der Waals surface area contributed by atoms with Crippen LogP contribution in [0.2, 0.25) is 0 Å². The van der Waals surface area contributed by atoms with Crippen molar-refractivity contribution < 1.29 is 24.2 Å². The molecule has 0 aromatic heterocycles. The summed E-state index contributed by atoms with van der Waals surface area (Å²) in [4.78, 5) is 42.2. The van der Waals surface area contributed by atoms with Gasteiger partial charge in [-0.25, -0.2) is 0 Å². The largest absolute Gasteiger partial charge is 0.394 e. The first-order valence-electron chi connectivity index (χ1n) is 12.5. The van der Waals surface area contributed by atoms with Gasteiger partial charge in [-0.05, 0) is 38.0 Å². The minimum absolute atomic E-state index is 0.0336. The molecule has 0 aromatic rings. The molecule has 2 bridgehead atoms. The molecule has 3 saturated heterocycles. The van der Waals surface area contributed by atoms with Gasteiger partial charge in [-0.3, -0.25) is 14.4 Å². The molecule has 32 heavy (non-hydrogen) atoms. The molecule has 3 N–H and O–H groups in total. The Morgan fingerprint density at radius 3 is 2.53 bits per heavy atom. The summed E-state index contributed by atoms with van der Waals surface area (Å²) >= 11 is 0. The third kappa shape index (κ3) is 3.73. The Labute approximate surface area is 190 Å². The number of amides is 3.